The van der Waals surface area contributed by atoms with Gasteiger partial charge >= 0.3 is 0 Å². The Labute approximate surface area is 88.7 Å². The maximum atomic E-state index is 13.0. The zero-order valence-electron chi connectivity index (χ0n) is 9.02. The van der Waals surface area contributed by atoms with Crippen molar-refractivity contribution < 1.29 is 4.39 Å². The van der Waals surface area contributed by atoms with Crippen LogP contribution in [0.25, 0.3) is 0 Å². The molecule has 1 aromatic rings. The van der Waals surface area contributed by atoms with Crippen LogP contribution in [0.15, 0.2) is 12.3 Å². The van der Waals surface area contributed by atoms with Crippen LogP contribution in [0.4, 0.5) is 16.2 Å². The van der Waals surface area contributed by atoms with Crippen LogP contribution in [0.3, 0.4) is 0 Å². The zero-order chi connectivity index (χ0) is 10.8. The average molecular weight is 210 g/mol. The van der Waals surface area contributed by atoms with Crippen molar-refractivity contribution in [2.45, 2.75) is 12.6 Å². The van der Waals surface area contributed by atoms with Gasteiger partial charge in [0.25, 0.3) is 0 Å². The molecule has 0 aliphatic carbocycles. The molecule has 15 heavy (non-hydrogen) atoms. The lowest BCUT2D eigenvalue weighted by Gasteiger charge is -2.18. The molecular formula is C10H15FN4. The maximum absolute atomic E-state index is 13.0. The first-order valence-electron chi connectivity index (χ1n) is 5.06. The highest BCUT2D eigenvalue weighted by molar-refractivity contribution is 5.44. The largest absolute Gasteiger partial charge is 0.353 e. The lowest BCUT2D eigenvalue weighted by Crippen LogP contribution is -2.22. The Balaban J connectivity index is 2.18. The highest BCUT2D eigenvalue weighted by Gasteiger charge is 2.23. The van der Waals surface area contributed by atoms with Gasteiger partial charge in [-0.3, -0.25) is 0 Å². The molecular weight excluding hydrogens is 195 g/mol. The summed E-state index contributed by atoms with van der Waals surface area (Å²) in [6.07, 6.45) is 1.59. The Kier molecular flexibility index (Phi) is 2.70. The van der Waals surface area contributed by atoms with Crippen molar-refractivity contribution in [3.63, 3.8) is 0 Å². The molecule has 2 rings (SSSR count). The summed E-state index contributed by atoms with van der Waals surface area (Å²) < 4.78 is 13.0. The molecule has 0 radical (unpaired) electrons. The van der Waals surface area contributed by atoms with Gasteiger partial charge in [-0.05, 0) is 12.5 Å². The number of aromatic nitrogens is 2. The van der Waals surface area contributed by atoms with Crippen molar-refractivity contribution in [3.05, 3.63) is 12.3 Å². The summed E-state index contributed by atoms with van der Waals surface area (Å²) in [5.41, 5.74) is 0. The van der Waals surface area contributed by atoms with Gasteiger partial charge in [-0.25, -0.2) is 9.37 Å². The van der Waals surface area contributed by atoms with Crippen LogP contribution in [-0.2, 0) is 0 Å². The van der Waals surface area contributed by atoms with Crippen LogP contribution in [0.1, 0.15) is 6.42 Å². The SMILES string of the molecule is CN(C)c1nccc(N2CC[C@@H](F)C2)n1. The summed E-state index contributed by atoms with van der Waals surface area (Å²) >= 11 is 0. The molecule has 1 fully saturated rings. The van der Waals surface area contributed by atoms with Crippen LogP contribution in [0.5, 0.6) is 0 Å². The van der Waals surface area contributed by atoms with Gasteiger partial charge in [-0.1, -0.05) is 0 Å². The minimum atomic E-state index is -0.720. The summed E-state index contributed by atoms with van der Waals surface area (Å²) in [5.74, 6) is 1.48. The van der Waals surface area contributed by atoms with E-state index in [0.717, 1.165) is 12.4 Å². The first-order chi connectivity index (χ1) is 7.16. The molecule has 1 atom stereocenters. The number of anilines is 2. The van der Waals surface area contributed by atoms with Gasteiger partial charge in [-0.2, -0.15) is 4.98 Å². The van der Waals surface area contributed by atoms with E-state index in [-0.39, 0.29) is 0 Å². The average Bonchev–Trinajstić information content (AvgIpc) is 2.65. The maximum Gasteiger partial charge on any atom is 0.226 e. The number of hydrogen-bond acceptors (Lipinski definition) is 4. The number of alkyl halides is 1. The number of rotatable bonds is 2. The second-order valence-corrected chi connectivity index (χ2v) is 3.94. The van der Waals surface area contributed by atoms with E-state index in [1.54, 1.807) is 6.20 Å². The second kappa shape index (κ2) is 4.00. The van der Waals surface area contributed by atoms with E-state index in [9.17, 15) is 4.39 Å². The van der Waals surface area contributed by atoms with Gasteiger partial charge in [0.05, 0.1) is 6.54 Å². The van der Waals surface area contributed by atoms with E-state index in [0.29, 0.717) is 18.9 Å². The molecule has 1 aromatic heterocycles. The van der Waals surface area contributed by atoms with Crippen LogP contribution < -0.4 is 9.80 Å². The molecule has 0 aromatic carbocycles. The van der Waals surface area contributed by atoms with Crippen molar-refractivity contribution in [2.24, 2.45) is 0 Å². The van der Waals surface area contributed by atoms with Crippen molar-refractivity contribution in [2.75, 3.05) is 37.0 Å². The molecule has 2 heterocycles. The van der Waals surface area contributed by atoms with E-state index in [1.165, 1.54) is 0 Å². The molecule has 0 amide bonds. The lowest BCUT2D eigenvalue weighted by molar-refractivity contribution is 0.364. The van der Waals surface area contributed by atoms with Crippen molar-refractivity contribution in [1.29, 1.82) is 0 Å². The number of hydrogen-bond donors (Lipinski definition) is 0. The summed E-state index contributed by atoms with van der Waals surface area (Å²) in [4.78, 5) is 12.3. The van der Waals surface area contributed by atoms with E-state index in [1.807, 2.05) is 30.0 Å². The highest BCUT2D eigenvalue weighted by Crippen LogP contribution is 2.20. The minimum Gasteiger partial charge on any atom is -0.353 e. The third kappa shape index (κ3) is 2.16. The summed E-state index contributed by atoms with van der Waals surface area (Å²) in [7, 11) is 3.78. The molecule has 1 aliphatic heterocycles. The summed E-state index contributed by atoms with van der Waals surface area (Å²) in [6, 6.07) is 1.82. The fraction of sp³-hybridized carbons (Fsp3) is 0.600. The third-order valence-electron chi connectivity index (χ3n) is 2.48. The molecule has 4 nitrogen and oxygen atoms in total. The first-order valence-corrected chi connectivity index (χ1v) is 5.06. The van der Waals surface area contributed by atoms with Crippen LogP contribution in [0, 0.1) is 0 Å². The van der Waals surface area contributed by atoms with Gasteiger partial charge in [0.15, 0.2) is 0 Å². The van der Waals surface area contributed by atoms with Crippen LogP contribution in [-0.4, -0.2) is 43.3 Å². The Hall–Kier alpha value is -1.39. The van der Waals surface area contributed by atoms with Gasteiger partial charge in [-0.15, -0.1) is 0 Å². The standard InChI is InChI=1S/C10H15FN4/c1-14(2)10-12-5-3-9(13-10)15-6-4-8(11)7-15/h3,5,8H,4,6-7H2,1-2H3/t8-/m1/s1. The Morgan fingerprint density at radius 1 is 1.53 bits per heavy atom. The first kappa shape index (κ1) is 10.1. The molecule has 1 aliphatic rings. The van der Waals surface area contributed by atoms with E-state index >= 15 is 0 Å². The summed E-state index contributed by atoms with van der Waals surface area (Å²) in [6.45, 7) is 1.19. The van der Waals surface area contributed by atoms with Gasteiger partial charge in [0.1, 0.15) is 12.0 Å². The topological polar surface area (TPSA) is 32.3 Å². The molecule has 0 N–H and O–H groups in total. The fourth-order valence-electron chi connectivity index (χ4n) is 1.66. The molecule has 0 bridgehead atoms. The predicted octanol–water partition coefficient (Wildman–Crippen LogP) is 1.09. The van der Waals surface area contributed by atoms with E-state index in [2.05, 4.69) is 9.97 Å². The molecule has 0 spiro atoms. The monoisotopic (exact) mass is 210 g/mol. The quantitative estimate of drug-likeness (QED) is 0.731. The minimum absolute atomic E-state index is 0.448. The third-order valence-corrected chi connectivity index (χ3v) is 2.48. The number of nitrogens with zero attached hydrogens (tertiary/aromatic N) is 4. The molecule has 0 unspecified atom stereocenters. The van der Waals surface area contributed by atoms with Gasteiger partial charge in [0, 0.05) is 26.8 Å². The van der Waals surface area contributed by atoms with Crippen LogP contribution in [0.2, 0.25) is 0 Å². The number of halogens is 1. The Bertz CT molecular complexity index is 342. The Morgan fingerprint density at radius 3 is 2.93 bits per heavy atom. The van der Waals surface area contributed by atoms with Crippen molar-refractivity contribution >= 4 is 11.8 Å². The molecule has 0 saturated carbocycles. The fourth-order valence-corrected chi connectivity index (χ4v) is 1.66. The van der Waals surface area contributed by atoms with E-state index in [4.69, 9.17) is 0 Å². The summed E-state index contributed by atoms with van der Waals surface area (Å²) in [5, 5.41) is 0. The Morgan fingerprint density at radius 2 is 2.33 bits per heavy atom. The highest BCUT2D eigenvalue weighted by atomic mass is 19.1. The van der Waals surface area contributed by atoms with Gasteiger partial charge < -0.3 is 9.80 Å². The second-order valence-electron chi connectivity index (χ2n) is 3.94. The zero-order valence-corrected chi connectivity index (χ0v) is 9.02. The van der Waals surface area contributed by atoms with E-state index < -0.39 is 6.17 Å². The lowest BCUT2D eigenvalue weighted by atomic mass is 10.3. The normalized spacial score (nSPS) is 20.7. The molecule has 1 saturated heterocycles. The molecule has 5 heteroatoms. The van der Waals surface area contributed by atoms with Gasteiger partial charge in [0.2, 0.25) is 5.95 Å². The van der Waals surface area contributed by atoms with Crippen molar-refractivity contribution in [3.8, 4) is 0 Å². The smallest absolute Gasteiger partial charge is 0.226 e. The van der Waals surface area contributed by atoms with Crippen molar-refractivity contribution in [1.82, 2.24) is 9.97 Å². The predicted molar refractivity (Wildman–Crippen MR) is 58.1 cm³/mol. The van der Waals surface area contributed by atoms with Crippen LogP contribution >= 0.6 is 0 Å². The molecule has 82 valence electrons.